The quantitative estimate of drug-likeness (QED) is 0.680. The van der Waals surface area contributed by atoms with Crippen LogP contribution in [0.5, 0.6) is 0 Å². The van der Waals surface area contributed by atoms with Crippen molar-refractivity contribution in [3.05, 3.63) is 58.6 Å². The highest BCUT2D eigenvalue weighted by Gasteiger charge is 2.43. The number of para-hydroxylation sites is 1. The van der Waals surface area contributed by atoms with E-state index < -0.39 is 17.7 Å². The molecule has 2 aromatic rings. The minimum Gasteiger partial charge on any atom is -0.376 e. The summed E-state index contributed by atoms with van der Waals surface area (Å²) >= 11 is 6.44. The predicted octanol–water partition coefficient (Wildman–Crippen LogP) is 4.52. The summed E-state index contributed by atoms with van der Waals surface area (Å²) in [6.07, 6.45) is -2.29. The summed E-state index contributed by atoms with van der Waals surface area (Å²) in [6.45, 7) is 2.92. The van der Waals surface area contributed by atoms with Crippen molar-refractivity contribution >= 4 is 28.9 Å². The Morgan fingerprint density at radius 3 is 2.71 bits per heavy atom. The van der Waals surface area contributed by atoms with Gasteiger partial charge in [0.25, 0.3) is 0 Å². The van der Waals surface area contributed by atoms with Crippen LogP contribution >= 0.6 is 11.6 Å². The van der Waals surface area contributed by atoms with Crippen LogP contribution in [0.25, 0.3) is 0 Å². The number of anilines is 2. The number of ether oxygens (including phenoxy) is 1. The van der Waals surface area contributed by atoms with Crippen molar-refractivity contribution < 1.29 is 22.7 Å². The Morgan fingerprint density at radius 1 is 1.15 bits per heavy atom. The number of rotatable bonds is 4. The fourth-order valence-electron chi connectivity index (χ4n) is 5.38. The van der Waals surface area contributed by atoms with Crippen molar-refractivity contribution in [2.75, 3.05) is 42.6 Å². The van der Waals surface area contributed by atoms with Gasteiger partial charge in [0.1, 0.15) is 0 Å². The Labute approximate surface area is 201 Å². The van der Waals surface area contributed by atoms with Crippen LogP contribution in [-0.2, 0) is 22.1 Å². The van der Waals surface area contributed by atoms with Crippen molar-refractivity contribution in [2.24, 2.45) is 5.92 Å². The van der Waals surface area contributed by atoms with E-state index in [0.29, 0.717) is 43.4 Å². The van der Waals surface area contributed by atoms with E-state index in [1.807, 2.05) is 24.3 Å². The van der Waals surface area contributed by atoms with Crippen molar-refractivity contribution in [1.29, 1.82) is 0 Å². The van der Waals surface area contributed by atoms with Gasteiger partial charge in [-0.3, -0.25) is 4.79 Å². The molecule has 0 spiro atoms. The van der Waals surface area contributed by atoms with Gasteiger partial charge in [-0.25, -0.2) is 0 Å². The van der Waals surface area contributed by atoms with Gasteiger partial charge in [0, 0.05) is 38.5 Å². The zero-order chi connectivity index (χ0) is 23.9. The highest BCUT2D eigenvalue weighted by atomic mass is 35.5. The molecule has 2 saturated heterocycles. The summed E-state index contributed by atoms with van der Waals surface area (Å²) in [7, 11) is 0. The number of nitrogens with one attached hydrogen (secondary N) is 1. The molecule has 2 fully saturated rings. The highest BCUT2D eigenvalue weighted by Crippen LogP contribution is 2.41. The van der Waals surface area contributed by atoms with E-state index in [-0.39, 0.29) is 24.5 Å². The number of carbonyl (C=O) groups excluding carboxylic acids is 1. The third kappa shape index (κ3) is 4.58. The van der Waals surface area contributed by atoms with Gasteiger partial charge in [-0.2, -0.15) is 13.2 Å². The largest absolute Gasteiger partial charge is 0.416 e. The van der Waals surface area contributed by atoms with E-state index in [1.54, 1.807) is 6.07 Å². The fraction of sp³-hybridized carbons (Fsp3) is 0.480. The van der Waals surface area contributed by atoms with Crippen LogP contribution in [0.1, 0.15) is 24.0 Å². The first kappa shape index (κ1) is 23.3. The maximum absolute atomic E-state index is 13.4. The molecule has 0 radical (unpaired) electrons. The molecule has 2 aromatic carbocycles. The molecule has 9 heteroatoms. The van der Waals surface area contributed by atoms with Gasteiger partial charge >= 0.3 is 6.18 Å². The molecule has 3 aliphatic rings. The SMILES string of the molecule is O=C(NCC1CCCO1)C1Cc2cc(C(F)(F)F)ccc2N2CCN(c3ccccc3Cl)CC12. The molecule has 3 unspecified atom stereocenters. The number of hydrogen-bond acceptors (Lipinski definition) is 4. The molecule has 5 nitrogen and oxygen atoms in total. The Bertz CT molecular complexity index is 1060. The van der Waals surface area contributed by atoms with Crippen molar-refractivity contribution in [3.63, 3.8) is 0 Å². The zero-order valence-corrected chi connectivity index (χ0v) is 19.4. The van der Waals surface area contributed by atoms with Crippen LogP contribution in [0.3, 0.4) is 0 Å². The summed E-state index contributed by atoms with van der Waals surface area (Å²) in [5, 5.41) is 3.65. The van der Waals surface area contributed by atoms with Gasteiger partial charge in [0.2, 0.25) is 5.91 Å². The number of halogens is 4. The first-order chi connectivity index (χ1) is 16.3. The van der Waals surface area contributed by atoms with E-state index in [2.05, 4.69) is 15.1 Å². The fourth-order valence-corrected chi connectivity index (χ4v) is 5.63. The van der Waals surface area contributed by atoms with Gasteiger partial charge in [-0.15, -0.1) is 0 Å². The van der Waals surface area contributed by atoms with Crippen LogP contribution in [0.2, 0.25) is 5.02 Å². The second kappa shape index (κ2) is 9.30. The second-order valence-corrected chi connectivity index (χ2v) is 9.60. The number of amides is 1. The number of carbonyl (C=O) groups is 1. The maximum atomic E-state index is 13.4. The maximum Gasteiger partial charge on any atom is 0.416 e. The van der Waals surface area contributed by atoms with Gasteiger partial charge in [-0.05, 0) is 55.2 Å². The van der Waals surface area contributed by atoms with E-state index in [0.717, 1.165) is 30.3 Å². The normalized spacial score (nSPS) is 24.5. The van der Waals surface area contributed by atoms with Gasteiger partial charge in [0.15, 0.2) is 0 Å². The monoisotopic (exact) mass is 493 g/mol. The molecule has 0 bridgehead atoms. The van der Waals surface area contributed by atoms with E-state index in [4.69, 9.17) is 16.3 Å². The van der Waals surface area contributed by atoms with Crippen molar-refractivity contribution in [2.45, 2.75) is 37.6 Å². The Balaban J connectivity index is 1.44. The molecule has 3 aliphatic heterocycles. The van der Waals surface area contributed by atoms with Crippen LogP contribution in [-0.4, -0.2) is 50.8 Å². The lowest BCUT2D eigenvalue weighted by atomic mass is 9.82. The van der Waals surface area contributed by atoms with Crippen LogP contribution < -0.4 is 15.1 Å². The summed E-state index contributed by atoms with van der Waals surface area (Å²) in [6, 6.07) is 11.3. The molecule has 0 saturated carbocycles. The standard InChI is InChI=1S/C25H27ClF3N3O2/c26-20-5-1-2-6-22(20)31-9-10-32-21-8-7-17(25(27,28)29)12-16(21)13-19(23(32)15-31)24(33)30-14-18-4-3-11-34-18/h1-2,5-8,12,18-19,23H,3-4,9-11,13-15H2,(H,30,33). The molecule has 182 valence electrons. The zero-order valence-electron chi connectivity index (χ0n) is 18.7. The molecule has 0 aromatic heterocycles. The molecule has 34 heavy (non-hydrogen) atoms. The van der Waals surface area contributed by atoms with Crippen LogP contribution in [0, 0.1) is 5.92 Å². The van der Waals surface area contributed by atoms with E-state index in [1.165, 1.54) is 6.07 Å². The summed E-state index contributed by atoms with van der Waals surface area (Å²) in [4.78, 5) is 17.6. The molecule has 1 N–H and O–H groups in total. The molecule has 3 heterocycles. The first-order valence-electron chi connectivity index (χ1n) is 11.7. The molecule has 1 amide bonds. The van der Waals surface area contributed by atoms with Gasteiger partial charge < -0.3 is 19.9 Å². The summed E-state index contributed by atoms with van der Waals surface area (Å²) < 4.78 is 45.8. The smallest absolute Gasteiger partial charge is 0.376 e. The molecule has 0 aliphatic carbocycles. The summed E-state index contributed by atoms with van der Waals surface area (Å²) in [5.74, 6) is -0.628. The lowest BCUT2D eigenvalue weighted by Crippen LogP contribution is -2.61. The minimum atomic E-state index is -4.42. The molecular formula is C25H27ClF3N3O2. The lowest BCUT2D eigenvalue weighted by molar-refractivity contribution is -0.137. The number of benzene rings is 2. The second-order valence-electron chi connectivity index (χ2n) is 9.19. The lowest BCUT2D eigenvalue weighted by Gasteiger charge is -2.50. The van der Waals surface area contributed by atoms with Crippen molar-refractivity contribution in [1.82, 2.24) is 5.32 Å². The predicted molar refractivity (Wildman–Crippen MR) is 125 cm³/mol. The topological polar surface area (TPSA) is 44.8 Å². The number of hydrogen-bond donors (Lipinski definition) is 1. The molecule has 3 atom stereocenters. The Morgan fingerprint density at radius 2 is 1.97 bits per heavy atom. The molecular weight excluding hydrogens is 467 g/mol. The Hall–Kier alpha value is -2.45. The number of nitrogens with zero attached hydrogens (tertiary/aromatic N) is 2. The van der Waals surface area contributed by atoms with E-state index >= 15 is 0 Å². The summed E-state index contributed by atoms with van der Waals surface area (Å²) in [5.41, 5.74) is 1.56. The third-order valence-electron chi connectivity index (χ3n) is 7.10. The minimum absolute atomic E-state index is 0.00117. The van der Waals surface area contributed by atoms with Crippen LogP contribution in [0.4, 0.5) is 24.5 Å². The number of piperazine rings is 1. The van der Waals surface area contributed by atoms with Gasteiger partial charge in [0.05, 0.1) is 34.3 Å². The van der Waals surface area contributed by atoms with Gasteiger partial charge in [-0.1, -0.05) is 23.7 Å². The van der Waals surface area contributed by atoms with Crippen molar-refractivity contribution in [3.8, 4) is 0 Å². The average Bonchev–Trinajstić information content (AvgIpc) is 3.35. The molecule has 5 rings (SSSR count). The number of fused-ring (bicyclic) bond motifs is 3. The van der Waals surface area contributed by atoms with Crippen LogP contribution in [0.15, 0.2) is 42.5 Å². The van der Waals surface area contributed by atoms with E-state index in [9.17, 15) is 18.0 Å². The third-order valence-corrected chi connectivity index (χ3v) is 7.42. The highest BCUT2D eigenvalue weighted by molar-refractivity contribution is 6.33. The average molecular weight is 494 g/mol. The first-order valence-corrected chi connectivity index (χ1v) is 12.0. The Kier molecular flexibility index (Phi) is 6.37. The number of alkyl halides is 3.